The van der Waals surface area contributed by atoms with Gasteiger partial charge in [-0.15, -0.1) is 0 Å². The molecule has 1 saturated heterocycles. The number of nitrogens with zero attached hydrogens (tertiary/aromatic N) is 3. The summed E-state index contributed by atoms with van der Waals surface area (Å²) >= 11 is 6.28. The van der Waals surface area contributed by atoms with E-state index in [0.717, 1.165) is 56.2 Å². The predicted octanol–water partition coefficient (Wildman–Crippen LogP) is 3.54. The molecule has 2 atom stereocenters. The van der Waals surface area contributed by atoms with Crippen LogP contribution in [0.25, 0.3) is 0 Å². The standard InChI is InChI=1S/C24H38ClN5O/c1-26-23(28-17-24(12-5-6-13-24)22(31)29(2)3)27-16-19-10-8-14-30(4)21(19)18-9-7-11-20(25)15-18/h7,9,11,15,19,21H,5-6,8,10,12-14,16-17H2,1-4H3,(H2,26,27,28). The fourth-order valence-corrected chi connectivity index (χ4v) is 5.58. The molecular formula is C24H38ClN5O. The highest BCUT2D eigenvalue weighted by atomic mass is 35.5. The van der Waals surface area contributed by atoms with E-state index in [1.165, 1.54) is 12.0 Å². The molecule has 172 valence electrons. The topological polar surface area (TPSA) is 60.0 Å². The number of benzene rings is 1. The Morgan fingerprint density at radius 2 is 2.00 bits per heavy atom. The van der Waals surface area contributed by atoms with Crippen molar-refractivity contribution >= 4 is 23.5 Å². The first-order valence-electron chi connectivity index (χ1n) is 11.5. The van der Waals surface area contributed by atoms with Crippen LogP contribution in [0.5, 0.6) is 0 Å². The lowest BCUT2D eigenvalue weighted by Crippen LogP contribution is -2.50. The average molecular weight is 448 g/mol. The van der Waals surface area contributed by atoms with Crippen molar-refractivity contribution in [2.24, 2.45) is 16.3 Å². The Kier molecular flexibility index (Phi) is 8.23. The fraction of sp³-hybridized carbons (Fsp3) is 0.667. The maximum atomic E-state index is 12.8. The van der Waals surface area contributed by atoms with Crippen LogP contribution in [-0.4, -0.2) is 69.5 Å². The van der Waals surface area contributed by atoms with Gasteiger partial charge in [0, 0.05) is 45.3 Å². The quantitative estimate of drug-likeness (QED) is 0.517. The number of carbonyl (C=O) groups is 1. The molecule has 2 unspecified atom stereocenters. The van der Waals surface area contributed by atoms with Crippen molar-refractivity contribution in [3.63, 3.8) is 0 Å². The van der Waals surface area contributed by atoms with Gasteiger partial charge in [-0.25, -0.2) is 0 Å². The molecular weight excluding hydrogens is 410 g/mol. The third kappa shape index (κ3) is 5.72. The Hall–Kier alpha value is -1.79. The normalized spacial score (nSPS) is 24.1. The van der Waals surface area contributed by atoms with E-state index in [4.69, 9.17) is 11.6 Å². The number of hydrogen-bond acceptors (Lipinski definition) is 3. The van der Waals surface area contributed by atoms with Crippen LogP contribution in [0.4, 0.5) is 0 Å². The molecule has 0 bridgehead atoms. The van der Waals surface area contributed by atoms with Gasteiger partial charge in [-0.3, -0.25) is 14.7 Å². The summed E-state index contributed by atoms with van der Waals surface area (Å²) in [5.74, 6) is 1.46. The van der Waals surface area contributed by atoms with Crippen LogP contribution >= 0.6 is 11.6 Å². The molecule has 1 aromatic rings. The minimum atomic E-state index is -0.310. The second kappa shape index (κ2) is 10.7. The van der Waals surface area contributed by atoms with Gasteiger partial charge in [0.05, 0.1) is 5.41 Å². The van der Waals surface area contributed by atoms with Crippen LogP contribution in [-0.2, 0) is 4.79 Å². The summed E-state index contributed by atoms with van der Waals surface area (Å²) < 4.78 is 0. The number of likely N-dealkylation sites (tertiary alicyclic amines) is 1. The smallest absolute Gasteiger partial charge is 0.230 e. The Labute approximate surface area is 192 Å². The Bertz CT molecular complexity index is 775. The number of guanidine groups is 1. The molecule has 0 spiro atoms. The van der Waals surface area contributed by atoms with Crippen molar-refractivity contribution in [1.82, 2.24) is 20.4 Å². The van der Waals surface area contributed by atoms with Gasteiger partial charge in [-0.2, -0.15) is 0 Å². The van der Waals surface area contributed by atoms with E-state index in [-0.39, 0.29) is 11.3 Å². The maximum Gasteiger partial charge on any atom is 0.230 e. The molecule has 1 heterocycles. The number of carbonyl (C=O) groups excluding carboxylic acids is 1. The molecule has 3 rings (SSSR count). The third-order valence-corrected chi connectivity index (χ3v) is 7.20. The summed E-state index contributed by atoms with van der Waals surface area (Å²) in [5.41, 5.74) is 0.959. The minimum absolute atomic E-state index is 0.225. The van der Waals surface area contributed by atoms with Crippen LogP contribution < -0.4 is 10.6 Å². The number of piperidine rings is 1. The van der Waals surface area contributed by atoms with Crippen molar-refractivity contribution in [3.8, 4) is 0 Å². The second-order valence-electron chi connectivity index (χ2n) is 9.38. The van der Waals surface area contributed by atoms with E-state index in [0.29, 0.717) is 18.5 Å². The zero-order chi connectivity index (χ0) is 22.4. The molecule has 7 heteroatoms. The number of hydrogen-bond donors (Lipinski definition) is 2. The molecule has 0 aromatic heterocycles. The van der Waals surface area contributed by atoms with Gasteiger partial charge in [0.2, 0.25) is 5.91 Å². The molecule has 31 heavy (non-hydrogen) atoms. The van der Waals surface area contributed by atoms with Crippen molar-refractivity contribution in [1.29, 1.82) is 0 Å². The van der Waals surface area contributed by atoms with Gasteiger partial charge >= 0.3 is 0 Å². The highest BCUT2D eigenvalue weighted by Crippen LogP contribution is 2.39. The number of aliphatic imine (C=N–C) groups is 1. The summed E-state index contributed by atoms with van der Waals surface area (Å²) in [4.78, 5) is 21.4. The first-order chi connectivity index (χ1) is 14.9. The molecule has 6 nitrogen and oxygen atoms in total. The van der Waals surface area contributed by atoms with Crippen LogP contribution in [0, 0.1) is 11.3 Å². The molecule has 2 aliphatic rings. The van der Waals surface area contributed by atoms with Gasteiger partial charge in [-0.1, -0.05) is 36.6 Å². The highest BCUT2D eigenvalue weighted by Gasteiger charge is 2.42. The SMILES string of the molecule is CN=C(NCC1CCCN(C)C1c1cccc(Cl)c1)NCC1(C(=O)N(C)C)CCCC1. The van der Waals surface area contributed by atoms with Crippen LogP contribution in [0.2, 0.25) is 5.02 Å². The van der Waals surface area contributed by atoms with Crippen molar-refractivity contribution in [3.05, 3.63) is 34.9 Å². The van der Waals surface area contributed by atoms with E-state index < -0.39 is 0 Å². The molecule has 1 aromatic carbocycles. The number of rotatable bonds is 6. The summed E-state index contributed by atoms with van der Waals surface area (Å²) in [6, 6.07) is 8.56. The lowest BCUT2D eigenvalue weighted by molar-refractivity contribution is -0.138. The molecule has 0 radical (unpaired) electrons. The van der Waals surface area contributed by atoms with Crippen LogP contribution in [0.3, 0.4) is 0 Å². The van der Waals surface area contributed by atoms with E-state index in [2.05, 4.69) is 39.7 Å². The minimum Gasteiger partial charge on any atom is -0.356 e. The number of amides is 1. The molecule has 1 aliphatic carbocycles. The molecule has 1 saturated carbocycles. The average Bonchev–Trinajstić information content (AvgIpc) is 3.23. The fourth-order valence-electron chi connectivity index (χ4n) is 5.38. The summed E-state index contributed by atoms with van der Waals surface area (Å²) in [7, 11) is 7.70. The van der Waals surface area contributed by atoms with Crippen LogP contribution in [0.15, 0.2) is 29.3 Å². The van der Waals surface area contributed by atoms with Gasteiger partial charge in [-0.05, 0) is 62.9 Å². The van der Waals surface area contributed by atoms with Crippen molar-refractivity contribution in [2.45, 2.75) is 44.6 Å². The lowest BCUT2D eigenvalue weighted by atomic mass is 9.84. The molecule has 2 N–H and O–H groups in total. The van der Waals surface area contributed by atoms with Crippen molar-refractivity contribution < 1.29 is 4.79 Å². The number of halogens is 1. The second-order valence-corrected chi connectivity index (χ2v) is 9.81. The Morgan fingerprint density at radius 3 is 2.65 bits per heavy atom. The first kappa shape index (κ1) is 23.9. The number of nitrogens with one attached hydrogen (secondary N) is 2. The zero-order valence-corrected chi connectivity index (χ0v) is 20.2. The highest BCUT2D eigenvalue weighted by molar-refractivity contribution is 6.30. The van der Waals surface area contributed by atoms with E-state index in [1.807, 2.05) is 26.2 Å². The molecule has 1 aliphatic heterocycles. The predicted molar refractivity (Wildman–Crippen MR) is 129 cm³/mol. The van der Waals surface area contributed by atoms with E-state index >= 15 is 0 Å². The molecule has 1 amide bonds. The van der Waals surface area contributed by atoms with E-state index in [9.17, 15) is 4.79 Å². The summed E-state index contributed by atoms with van der Waals surface area (Å²) in [6.07, 6.45) is 6.46. The summed E-state index contributed by atoms with van der Waals surface area (Å²) in [6.45, 7) is 2.55. The Morgan fingerprint density at radius 1 is 1.26 bits per heavy atom. The third-order valence-electron chi connectivity index (χ3n) is 6.97. The van der Waals surface area contributed by atoms with Gasteiger partial charge in [0.15, 0.2) is 5.96 Å². The Balaban J connectivity index is 1.63. The van der Waals surface area contributed by atoms with E-state index in [1.54, 1.807) is 11.9 Å². The van der Waals surface area contributed by atoms with Gasteiger partial charge in [0.1, 0.15) is 0 Å². The molecule has 2 fully saturated rings. The van der Waals surface area contributed by atoms with Crippen LogP contribution in [0.1, 0.15) is 50.1 Å². The zero-order valence-electron chi connectivity index (χ0n) is 19.5. The monoisotopic (exact) mass is 447 g/mol. The maximum absolute atomic E-state index is 12.8. The largest absolute Gasteiger partial charge is 0.356 e. The van der Waals surface area contributed by atoms with Crippen molar-refractivity contribution in [2.75, 3.05) is 47.8 Å². The van der Waals surface area contributed by atoms with Gasteiger partial charge in [0.25, 0.3) is 0 Å². The lowest BCUT2D eigenvalue weighted by Gasteiger charge is -2.40. The van der Waals surface area contributed by atoms with Gasteiger partial charge < -0.3 is 15.5 Å². The first-order valence-corrected chi connectivity index (χ1v) is 11.9. The summed E-state index contributed by atoms with van der Waals surface area (Å²) in [5, 5.41) is 7.78.